The highest BCUT2D eigenvalue weighted by atomic mass is 79.9. The summed E-state index contributed by atoms with van der Waals surface area (Å²) in [5.74, 6) is 0. The number of hydrogen-bond donors (Lipinski definition) is 0. The van der Waals surface area contributed by atoms with Gasteiger partial charge in [0.2, 0.25) is 0 Å². The Morgan fingerprint density at radius 2 is 1.74 bits per heavy atom. The summed E-state index contributed by atoms with van der Waals surface area (Å²) in [5.41, 5.74) is 1.43. The van der Waals surface area contributed by atoms with Crippen LogP contribution in [0.25, 0.3) is 0 Å². The summed E-state index contributed by atoms with van der Waals surface area (Å²) in [5, 5.41) is 0. The Morgan fingerprint density at radius 1 is 1.11 bits per heavy atom. The second kappa shape index (κ2) is 7.36. The zero-order valence-corrected chi connectivity index (χ0v) is 18.5. The van der Waals surface area contributed by atoms with Gasteiger partial charge in [-0.1, -0.05) is 6.42 Å². The lowest BCUT2D eigenvalue weighted by atomic mass is 10.2. The van der Waals surface area contributed by atoms with Crippen LogP contribution in [-0.2, 0) is 10.5 Å². The van der Waals surface area contributed by atoms with E-state index in [2.05, 4.69) is 70.7 Å². The molecule has 0 bridgehead atoms. The van der Waals surface area contributed by atoms with Gasteiger partial charge in [-0.15, -0.1) is 11.3 Å². The summed E-state index contributed by atoms with van der Waals surface area (Å²) in [7, 11) is -2.81. The standard InChI is InChI=1S/C13H24Br2OSSi2/c1-18(2,3)16-19(4,5)9-7-6-8-11-10-12(14)17-13(11)15/h10H,6-9H2,1-5H3. The summed E-state index contributed by atoms with van der Waals surface area (Å²) in [6.07, 6.45) is 3.71. The van der Waals surface area contributed by atoms with Gasteiger partial charge in [0.1, 0.15) is 0 Å². The van der Waals surface area contributed by atoms with Crippen LogP contribution in [0.3, 0.4) is 0 Å². The maximum Gasteiger partial charge on any atom is 0.173 e. The molecule has 0 unspecified atom stereocenters. The molecule has 0 aliphatic rings. The average molecular weight is 444 g/mol. The number of thiophene rings is 1. The van der Waals surface area contributed by atoms with E-state index in [-0.39, 0.29) is 0 Å². The maximum absolute atomic E-state index is 6.37. The van der Waals surface area contributed by atoms with Crippen molar-refractivity contribution in [2.45, 2.75) is 58.0 Å². The highest BCUT2D eigenvalue weighted by Crippen LogP contribution is 2.33. The van der Waals surface area contributed by atoms with Crippen LogP contribution in [0.1, 0.15) is 18.4 Å². The van der Waals surface area contributed by atoms with Gasteiger partial charge >= 0.3 is 0 Å². The van der Waals surface area contributed by atoms with Crippen LogP contribution in [0.2, 0.25) is 38.8 Å². The third-order valence-corrected chi connectivity index (χ3v) is 11.5. The van der Waals surface area contributed by atoms with Crippen LogP contribution in [0.15, 0.2) is 13.6 Å². The summed E-state index contributed by atoms with van der Waals surface area (Å²) in [4.78, 5) is 0. The molecule has 0 aliphatic carbocycles. The van der Waals surface area contributed by atoms with Gasteiger partial charge in [0, 0.05) is 0 Å². The fourth-order valence-corrected chi connectivity index (χ4v) is 13.3. The van der Waals surface area contributed by atoms with Crippen LogP contribution in [0, 0.1) is 0 Å². The van der Waals surface area contributed by atoms with Crippen LogP contribution >= 0.6 is 43.2 Å². The van der Waals surface area contributed by atoms with Crippen molar-refractivity contribution in [1.29, 1.82) is 0 Å². The second-order valence-electron chi connectivity index (χ2n) is 6.53. The second-order valence-corrected chi connectivity index (χ2v) is 19.3. The Hall–Kier alpha value is 1.05. The predicted molar refractivity (Wildman–Crippen MR) is 99.4 cm³/mol. The molecule has 1 heterocycles. The predicted octanol–water partition coefficient (Wildman–Crippen LogP) is 6.65. The molecule has 0 fully saturated rings. The van der Waals surface area contributed by atoms with E-state index in [9.17, 15) is 0 Å². The van der Waals surface area contributed by atoms with Gasteiger partial charge in [0.25, 0.3) is 0 Å². The molecule has 0 N–H and O–H groups in total. The molecule has 0 amide bonds. The molecule has 1 nitrogen and oxygen atoms in total. The van der Waals surface area contributed by atoms with Crippen molar-refractivity contribution in [3.63, 3.8) is 0 Å². The fraction of sp³-hybridized carbons (Fsp3) is 0.692. The molecular weight excluding hydrogens is 420 g/mol. The van der Waals surface area contributed by atoms with Gasteiger partial charge < -0.3 is 4.12 Å². The lowest BCUT2D eigenvalue weighted by Crippen LogP contribution is -2.42. The van der Waals surface area contributed by atoms with Crippen LogP contribution in [0.4, 0.5) is 0 Å². The van der Waals surface area contributed by atoms with E-state index in [0.717, 1.165) is 0 Å². The third kappa shape index (κ3) is 7.57. The smallest absolute Gasteiger partial charge is 0.173 e. The van der Waals surface area contributed by atoms with Crippen molar-refractivity contribution in [2.75, 3.05) is 0 Å². The summed E-state index contributed by atoms with van der Waals surface area (Å²) >= 11 is 8.93. The van der Waals surface area contributed by atoms with Crippen molar-refractivity contribution in [3.8, 4) is 0 Å². The van der Waals surface area contributed by atoms with Crippen molar-refractivity contribution in [1.82, 2.24) is 0 Å². The average Bonchev–Trinajstić information content (AvgIpc) is 2.48. The van der Waals surface area contributed by atoms with Gasteiger partial charge in [-0.05, 0) is 95.1 Å². The van der Waals surface area contributed by atoms with Crippen molar-refractivity contribution < 1.29 is 4.12 Å². The Bertz CT molecular complexity index is 413. The molecule has 0 radical (unpaired) electrons. The van der Waals surface area contributed by atoms with E-state index in [4.69, 9.17) is 4.12 Å². The molecule has 19 heavy (non-hydrogen) atoms. The fourth-order valence-electron chi connectivity index (χ4n) is 2.29. The molecule has 110 valence electrons. The lowest BCUT2D eigenvalue weighted by Gasteiger charge is -2.31. The van der Waals surface area contributed by atoms with E-state index in [1.165, 1.54) is 38.4 Å². The normalized spacial score (nSPS) is 13.0. The minimum absolute atomic E-state index is 1.17. The first-order valence-corrected chi connectivity index (χ1v) is 15.7. The molecule has 1 rings (SSSR count). The molecule has 0 spiro atoms. The highest BCUT2D eigenvalue weighted by Gasteiger charge is 2.28. The molecule has 0 atom stereocenters. The minimum atomic E-state index is -1.44. The van der Waals surface area contributed by atoms with E-state index >= 15 is 0 Å². The van der Waals surface area contributed by atoms with Crippen LogP contribution in [0.5, 0.6) is 0 Å². The Labute approximate surface area is 140 Å². The SMILES string of the molecule is C[Si](C)(C)O[Si](C)(C)CCCCc1cc(Br)sc1Br. The molecule has 0 aromatic carbocycles. The lowest BCUT2D eigenvalue weighted by molar-refractivity contribution is 0.541. The van der Waals surface area contributed by atoms with Crippen molar-refractivity contribution >= 4 is 59.8 Å². The minimum Gasteiger partial charge on any atom is -0.456 e. The molecule has 0 saturated carbocycles. The number of unbranched alkanes of at least 4 members (excludes halogenated alkanes) is 1. The van der Waals surface area contributed by atoms with E-state index in [0.29, 0.717) is 0 Å². The van der Waals surface area contributed by atoms with Gasteiger partial charge in [0.15, 0.2) is 16.6 Å². The summed E-state index contributed by atoms with van der Waals surface area (Å²) in [6, 6.07) is 3.51. The third-order valence-electron chi connectivity index (χ3n) is 2.78. The Kier molecular flexibility index (Phi) is 7.01. The highest BCUT2D eigenvalue weighted by molar-refractivity contribution is 9.12. The summed E-state index contributed by atoms with van der Waals surface area (Å²) < 4.78 is 8.85. The molecule has 1 aromatic rings. The van der Waals surface area contributed by atoms with Crippen LogP contribution < -0.4 is 0 Å². The molecular formula is C13H24Br2OSSi2. The first-order chi connectivity index (χ1) is 8.59. The molecule has 0 aliphatic heterocycles. The molecule has 6 heteroatoms. The largest absolute Gasteiger partial charge is 0.456 e. The van der Waals surface area contributed by atoms with Crippen molar-refractivity contribution in [2.24, 2.45) is 0 Å². The number of aryl methyl sites for hydroxylation is 1. The van der Waals surface area contributed by atoms with Gasteiger partial charge in [-0.25, -0.2) is 0 Å². The topological polar surface area (TPSA) is 9.23 Å². The van der Waals surface area contributed by atoms with E-state index < -0.39 is 16.6 Å². The summed E-state index contributed by atoms with van der Waals surface area (Å²) in [6.45, 7) is 11.6. The first-order valence-electron chi connectivity index (χ1n) is 6.73. The van der Waals surface area contributed by atoms with Crippen LogP contribution in [-0.4, -0.2) is 16.6 Å². The zero-order valence-electron chi connectivity index (χ0n) is 12.5. The van der Waals surface area contributed by atoms with Gasteiger partial charge in [-0.3, -0.25) is 0 Å². The van der Waals surface area contributed by atoms with Crippen molar-refractivity contribution in [3.05, 3.63) is 19.2 Å². The Balaban J connectivity index is 2.32. The first kappa shape index (κ1) is 18.1. The monoisotopic (exact) mass is 442 g/mol. The quantitative estimate of drug-likeness (QED) is 0.338. The van der Waals surface area contributed by atoms with E-state index in [1.807, 2.05) is 0 Å². The van der Waals surface area contributed by atoms with E-state index in [1.54, 1.807) is 11.3 Å². The van der Waals surface area contributed by atoms with Gasteiger partial charge in [-0.2, -0.15) is 0 Å². The van der Waals surface area contributed by atoms with Gasteiger partial charge in [0.05, 0.1) is 7.57 Å². The zero-order chi connectivity index (χ0) is 14.7. The number of hydrogen-bond acceptors (Lipinski definition) is 2. The molecule has 1 aromatic heterocycles. The number of rotatable bonds is 7. The maximum atomic E-state index is 6.37. The molecule has 0 saturated heterocycles. The Morgan fingerprint density at radius 3 is 2.21 bits per heavy atom. The number of halogens is 2.